The maximum absolute atomic E-state index is 13.7. The van der Waals surface area contributed by atoms with Crippen molar-refractivity contribution in [3.05, 3.63) is 65.0 Å². The minimum atomic E-state index is -4.48. The van der Waals surface area contributed by atoms with E-state index in [-0.39, 0.29) is 24.2 Å². The van der Waals surface area contributed by atoms with Crippen molar-refractivity contribution in [3.63, 3.8) is 0 Å². The SMILES string of the molecule is Fc1ccc(F)c(CN2CCN(Cc3cccnc3C(F)(F)F)CC2)c1. The van der Waals surface area contributed by atoms with Gasteiger partial charge in [-0.25, -0.2) is 8.78 Å². The molecule has 1 aromatic heterocycles. The summed E-state index contributed by atoms with van der Waals surface area (Å²) in [6.45, 7) is 2.66. The van der Waals surface area contributed by atoms with Crippen LogP contribution >= 0.6 is 0 Å². The molecule has 0 unspecified atom stereocenters. The minimum absolute atomic E-state index is 0.143. The van der Waals surface area contributed by atoms with Crippen molar-refractivity contribution in [1.29, 1.82) is 0 Å². The van der Waals surface area contributed by atoms with Gasteiger partial charge < -0.3 is 0 Å². The van der Waals surface area contributed by atoms with Crippen LogP contribution in [0.15, 0.2) is 36.5 Å². The summed E-state index contributed by atoms with van der Waals surface area (Å²) in [4.78, 5) is 7.33. The van der Waals surface area contributed by atoms with Gasteiger partial charge in [-0.2, -0.15) is 13.2 Å². The van der Waals surface area contributed by atoms with E-state index in [1.54, 1.807) is 0 Å². The van der Waals surface area contributed by atoms with E-state index in [2.05, 4.69) is 4.98 Å². The predicted octanol–water partition coefficient (Wildman–Crippen LogP) is 3.70. The Bertz CT molecular complexity index is 755. The monoisotopic (exact) mass is 371 g/mol. The molecule has 1 saturated heterocycles. The normalized spacial score (nSPS) is 16.8. The smallest absolute Gasteiger partial charge is 0.296 e. The van der Waals surface area contributed by atoms with Gasteiger partial charge in [-0.05, 0) is 29.8 Å². The first-order valence-electron chi connectivity index (χ1n) is 8.22. The number of nitrogens with zero attached hydrogens (tertiary/aromatic N) is 3. The third kappa shape index (κ3) is 4.56. The van der Waals surface area contributed by atoms with Gasteiger partial charge in [0, 0.05) is 51.0 Å². The molecule has 3 nitrogen and oxygen atoms in total. The number of alkyl halides is 3. The molecule has 26 heavy (non-hydrogen) atoms. The third-order valence-corrected chi connectivity index (χ3v) is 4.42. The number of pyridine rings is 1. The molecule has 1 fully saturated rings. The molecule has 2 aromatic rings. The van der Waals surface area contributed by atoms with Crippen LogP contribution < -0.4 is 0 Å². The highest BCUT2D eigenvalue weighted by atomic mass is 19.4. The van der Waals surface area contributed by atoms with Crippen molar-refractivity contribution in [2.75, 3.05) is 26.2 Å². The molecule has 1 aliphatic heterocycles. The lowest BCUT2D eigenvalue weighted by atomic mass is 10.1. The van der Waals surface area contributed by atoms with Crippen molar-refractivity contribution in [2.24, 2.45) is 0 Å². The number of piperazine rings is 1. The maximum atomic E-state index is 13.7. The van der Waals surface area contributed by atoms with Gasteiger partial charge in [-0.15, -0.1) is 0 Å². The molecule has 0 spiro atoms. The van der Waals surface area contributed by atoms with Crippen LogP contribution in [-0.4, -0.2) is 41.0 Å². The summed E-state index contributed by atoms with van der Waals surface area (Å²) in [6, 6.07) is 6.27. The van der Waals surface area contributed by atoms with Gasteiger partial charge in [0.05, 0.1) is 0 Å². The van der Waals surface area contributed by atoms with Gasteiger partial charge in [0.15, 0.2) is 0 Å². The van der Waals surface area contributed by atoms with Gasteiger partial charge in [0.1, 0.15) is 17.3 Å². The highest BCUT2D eigenvalue weighted by Crippen LogP contribution is 2.30. The number of benzene rings is 1. The van der Waals surface area contributed by atoms with Crippen molar-refractivity contribution in [3.8, 4) is 0 Å². The molecule has 0 N–H and O–H groups in total. The quantitative estimate of drug-likeness (QED) is 0.764. The number of rotatable bonds is 4. The summed E-state index contributed by atoms with van der Waals surface area (Å²) in [5.74, 6) is -0.949. The van der Waals surface area contributed by atoms with E-state index < -0.39 is 23.5 Å². The molecule has 2 heterocycles. The van der Waals surface area contributed by atoms with Crippen LogP contribution in [-0.2, 0) is 19.3 Å². The van der Waals surface area contributed by atoms with Crippen LogP contribution in [0, 0.1) is 11.6 Å². The Morgan fingerprint density at radius 1 is 0.885 bits per heavy atom. The Balaban J connectivity index is 1.59. The average Bonchev–Trinajstić information content (AvgIpc) is 2.59. The Morgan fingerprint density at radius 2 is 1.50 bits per heavy atom. The molecule has 0 saturated carbocycles. The summed E-state index contributed by atoms with van der Waals surface area (Å²) < 4.78 is 66.0. The molecule has 1 aromatic carbocycles. The Hall–Kier alpha value is -2.06. The largest absolute Gasteiger partial charge is 0.433 e. The molecular formula is C18H18F5N3. The van der Waals surface area contributed by atoms with Gasteiger partial charge in [0.2, 0.25) is 0 Å². The zero-order valence-electron chi connectivity index (χ0n) is 13.9. The molecule has 0 aliphatic carbocycles. The van der Waals surface area contributed by atoms with E-state index in [0.29, 0.717) is 26.2 Å². The van der Waals surface area contributed by atoms with Crippen LogP contribution in [0.4, 0.5) is 22.0 Å². The molecular weight excluding hydrogens is 353 g/mol. The summed E-state index contributed by atoms with van der Waals surface area (Å²) in [5, 5.41) is 0. The van der Waals surface area contributed by atoms with E-state index in [1.807, 2.05) is 9.80 Å². The summed E-state index contributed by atoms with van der Waals surface area (Å²) in [5.41, 5.74) is -0.432. The molecule has 3 rings (SSSR count). The molecule has 0 amide bonds. The van der Waals surface area contributed by atoms with Gasteiger partial charge in [-0.1, -0.05) is 6.07 Å². The van der Waals surface area contributed by atoms with Gasteiger partial charge >= 0.3 is 6.18 Å². The zero-order chi connectivity index (χ0) is 18.7. The molecule has 0 atom stereocenters. The zero-order valence-corrected chi connectivity index (χ0v) is 13.9. The Labute approximate surface area is 148 Å². The van der Waals surface area contributed by atoms with Gasteiger partial charge in [-0.3, -0.25) is 14.8 Å². The summed E-state index contributed by atoms with van der Waals surface area (Å²) in [7, 11) is 0. The Morgan fingerprint density at radius 3 is 2.12 bits per heavy atom. The fourth-order valence-electron chi connectivity index (χ4n) is 3.07. The molecule has 0 radical (unpaired) electrons. The van der Waals surface area contributed by atoms with Crippen molar-refractivity contribution >= 4 is 0 Å². The second-order valence-corrected chi connectivity index (χ2v) is 6.30. The van der Waals surface area contributed by atoms with Crippen molar-refractivity contribution in [1.82, 2.24) is 14.8 Å². The third-order valence-electron chi connectivity index (χ3n) is 4.42. The van der Waals surface area contributed by atoms with Crippen molar-refractivity contribution < 1.29 is 22.0 Å². The second kappa shape index (κ2) is 7.67. The van der Waals surface area contributed by atoms with Crippen molar-refractivity contribution in [2.45, 2.75) is 19.3 Å². The first kappa shape index (κ1) is 18.7. The minimum Gasteiger partial charge on any atom is -0.296 e. The van der Waals surface area contributed by atoms with Gasteiger partial charge in [0.25, 0.3) is 0 Å². The summed E-state index contributed by atoms with van der Waals surface area (Å²) >= 11 is 0. The first-order valence-corrected chi connectivity index (χ1v) is 8.22. The fourth-order valence-corrected chi connectivity index (χ4v) is 3.07. The van der Waals surface area contributed by atoms with Crippen LogP contribution in [0.1, 0.15) is 16.8 Å². The lowest BCUT2D eigenvalue weighted by Gasteiger charge is -2.35. The molecule has 8 heteroatoms. The van der Waals surface area contributed by atoms with Crippen LogP contribution in [0.5, 0.6) is 0 Å². The van der Waals surface area contributed by atoms with E-state index in [0.717, 1.165) is 18.3 Å². The highest BCUT2D eigenvalue weighted by Gasteiger charge is 2.35. The average molecular weight is 371 g/mol. The molecule has 140 valence electrons. The number of hydrogen-bond donors (Lipinski definition) is 0. The highest BCUT2D eigenvalue weighted by molar-refractivity contribution is 5.22. The van der Waals surface area contributed by atoms with E-state index in [9.17, 15) is 22.0 Å². The second-order valence-electron chi connectivity index (χ2n) is 6.30. The standard InChI is InChI=1S/C18H18F5N3/c19-15-3-4-16(20)14(10-15)12-26-8-6-25(7-9-26)11-13-2-1-5-24-17(13)18(21,22)23/h1-5,10H,6-9,11-12H2. The van der Waals surface area contributed by atoms with Crippen LogP contribution in [0.25, 0.3) is 0 Å². The fraction of sp³-hybridized carbons (Fsp3) is 0.389. The lowest BCUT2D eigenvalue weighted by Crippen LogP contribution is -2.45. The predicted molar refractivity (Wildman–Crippen MR) is 86.2 cm³/mol. The maximum Gasteiger partial charge on any atom is 0.433 e. The van der Waals surface area contributed by atoms with Crippen LogP contribution in [0.3, 0.4) is 0 Å². The molecule has 0 bridgehead atoms. The van der Waals surface area contributed by atoms with E-state index >= 15 is 0 Å². The summed E-state index contributed by atoms with van der Waals surface area (Å²) in [6.07, 6.45) is -3.34. The number of aromatic nitrogens is 1. The van der Waals surface area contributed by atoms with E-state index in [4.69, 9.17) is 0 Å². The topological polar surface area (TPSA) is 19.4 Å². The number of halogens is 5. The first-order chi connectivity index (χ1) is 12.3. The van der Waals surface area contributed by atoms with Crippen LogP contribution in [0.2, 0.25) is 0 Å². The lowest BCUT2D eigenvalue weighted by molar-refractivity contribution is -0.142. The Kier molecular flexibility index (Phi) is 5.52. The van der Waals surface area contributed by atoms with E-state index in [1.165, 1.54) is 18.2 Å². The number of hydrogen-bond acceptors (Lipinski definition) is 3. The molecule has 1 aliphatic rings.